The van der Waals surface area contributed by atoms with E-state index in [0.29, 0.717) is 0 Å². The molecule has 4 heteroatoms. The maximum Gasteiger partial charge on any atom is 0.0521 e. The van der Waals surface area contributed by atoms with Gasteiger partial charge in [0.1, 0.15) is 0 Å². The molecule has 0 saturated heterocycles. The summed E-state index contributed by atoms with van der Waals surface area (Å²) in [5.74, 6) is 0.830. The number of hydrogen-bond acceptors (Lipinski definition) is 2. The van der Waals surface area contributed by atoms with E-state index in [2.05, 4.69) is 33.0 Å². The first kappa shape index (κ1) is 12.0. The van der Waals surface area contributed by atoms with Gasteiger partial charge in [0.25, 0.3) is 0 Å². The predicted molar refractivity (Wildman–Crippen MR) is 73.0 cm³/mol. The molecule has 0 fully saturated rings. The summed E-state index contributed by atoms with van der Waals surface area (Å²) in [4.78, 5) is 5.48. The molecular weight excluding hydrogens is 306 g/mol. The monoisotopic (exact) mass is 313 g/mol. The third-order valence-corrected chi connectivity index (χ3v) is 3.72. The number of hydrogen-bond donors (Lipinski definition) is 0. The van der Waals surface area contributed by atoms with Crippen molar-refractivity contribution in [2.75, 3.05) is 0 Å². The van der Waals surface area contributed by atoms with Crippen molar-refractivity contribution in [3.05, 3.63) is 57.8 Å². The van der Waals surface area contributed by atoms with Crippen LogP contribution in [0.5, 0.6) is 0 Å². The summed E-state index contributed by atoms with van der Waals surface area (Å²) in [5, 5.41) is 0.736. The topological polar surface area (TPSA) is 12.9 Å². The summed E-state index contributed by atoms with van der Waals surface area (Å²) in [7, 11) is 0. The summed E-state index contributed by atoms with van der Waals surface area (Å²) in [6, 6.07) is 11.9. The highest BCUT2D eigenvalue weighted by atomic mass is 79.9. The highest BCUT2D eigenvalue weighted by Gasteiger charge is 1.99. The zero-order valence-electron chi connectivity index (χ0n) is 8.36. The quantitative estimate of drug-likeness (QED) is 0.756. The van der Waals surface area contributed by atoms with E-state index in [1.807, 2.05) is 18.2 Å². The molecule has 2 rings (SSSR count). The van der Waals surface area contributed by atoms with Gasteiger partial charge >= 0.3 is 0 Å². The van der Waals surface area contributed by atoms with Crippen molar-refractivity contribution >= 4 is 39.3 Å². The average Bonchev–Trinajstić information content (AvgIpc) is 2.27. The minimum atomic E-state index is 0.736. The number of halogens is 2. The van der Waals surface area contributed by atoms with Crippen LogP contribution >= 0.6 is 39.3 Å². The maximum atomic E-state index is 5.90. The third kappa shape index (κ3) is 3.51. The summed E-state index contributed by atoms with van der Waals surface area (Å²) in [6.07, 6.45) is 1.74. The van der Waals surface area contributed by atoms with Crippen molar-refractivity contribution in [2.45, 2.75) is 10.6 Å². The summed E-state index contributed by atoms with van der Waals surface area (Å²) in [6.45, 7) is 0. The van der Waals surface area contributed by atoms with Gasteiger partial charge < -0.3 is 0 Å². The fraction of sp³-hybridized carbons (Fsp3) is 0.0833. The van der Waals surface area contributed by atoms with Gasteiger partial charge in [-0.1, -0.05) is 33.6 Å². The van der Waals surface area contributed by atoms with Crippen LogP contribution in [0.25, 0.3) is 0 Å². The first-order valence-electron chi connectivity index (χ1n) is 4.73. The van der Waals surface area contributed by atoms with Gasteiger partial charge in [-0.3, -0.25) is 4.98 Å². The molecule has 1 aromatic carbocycles. The standard InChI is InChI=1S/C12H9BrClNS/c13-9-2-1-3-12(6-9)16-8-11-7-10(14)4-5-15-11/h1-7H,8H2. The van der Waals surface area contributed by atoms with Gasteiger partial charge in [-0.05, 0) is 30.3 Å². The van der Waals surface area contributed by atoms with Crippen molar-refractivity contribution in [2.24, 2.45) is 0 Å². The first-order valence-corrected chi connectivity index (χ1v) is 6.88. The van der Waals surface area contributed by atoms with Crippen LogP contribution in [0.3, 0.4) is 0 Å². The van der Waals surface area contributed by atoms with E-state index < -0.39 is 0 Å². The van der Waals surface area contributed by atoms with Gasteiger partial charge in [0.05, 0.1) is 5.69 Å². The zero-order valence-corrected chi connectivity index (χ0v) is 11.5. The largest absolute Gasteiger partial charge is 0.260 e. The molecule has 2 aromatic rings. The fourth-order valence-electron chi connectivity index (χ4n) is 1.24. The van der Waals surface area contributed by atoms with E-state index in [4.69, 9.17) is 11.6 Å². The Morgan fingerprint density at radius 3 is 2.88 bits per heavy atom. The van der Waals surface area contributed by atoms with Crippen LogP contribution in [0.15, 0.2) is 52.0 Å². The lowest BCUT2D eigenvalue weighted by Gasteiger charge is -2.02. The van der Waals surface area contributed by atoms with E-state index in [1.54, 1.807) is 24.0 Å². The van der Waals surface area contributed by atoms with Gasteiger partial charge in [-0.25, -0.2) is 0 Å². The van der Waals surface area contributed by atoms with Crippen molar-refractivity contribution in [1.82, 2.24) is 4.98 Å². The SMILES string of the molecule is Clc1ccnc(CSc2cccc(Br)c2)c1. The van der Waals surface area contributed by atoms with Gasteiger partial charge in [0.15, 0.2) is 0 Å². The Morgan fingerprint density at radius 1 is 1.25 bits per heavy atom. The van der Waals surface area contributed by atoms with Crippen LogP contribution in [0.4, 0.5) is 0 Å². The molecule has 0 bridgehead atoms. The lowest BCUT2D eigenvalue weighted by molar-refractivity contribution is 1.17. The van der Waals surface area contributed by atoms with Gasteiger partial charge in [-0.15, -0.1) is 11.8 Å². The first-order chi connectivity index (χ1) is 7.74. The van der Waals surface area contributed by atoms with E-state index in [0.717, 1.165) is 20.9 Å². The predicted octanol–water partition coefficient (Wildman–Crippen LogP) is 4.79. The molecule has 0 aliphatic heterocycles. The number of pyridine rings is 1. The van der Waals surface area contributed by atoms with Crippen LogP contribution in [0.1, 0.15) is 5.69 Å². The minimum absolute atomic E-state index is 0.736. The molecular formula is C12H9BrClNS. The fourth-order valence-corrected chi connectivity index (χ4v) is 2.83. The van der Waals surface area contributed by atoms with Gasteiger partial charge in [-0.2, -0.15) is 0 Å². The maximum absolute atomic E-state index is 5.90. The minimum Gasteiger partial charge on any atom is -0.260 e. The summed E-state index contributed by atoms with van der Waals surface area (Å²) < 4.78 is 1.09. The third-order valence-electron chi connectivity index (χ3n) is 1.96. The van der Waals surface area contributed by atoms with Crippen LogP contribution < -0.4 is 0 Å². The Balaban J connectivity index is 2.02. The molecule has 0 amide bonds. The zero-order chi connectivity index (χ0) is 11.4. The van der Waals surface area contributed by atoms with Crippen LogP contribution in [0.2, 0.25) is 5.02 Å². The number of benzene rings is 1. The Bertz CT molecular complexity index is 444. The molecule has 16 heavy (non-hydrogen) atoms. The van der Waals surface area contributed by atoms with E-state index in [1.165, 1.54) is 4.90 Å². The molecule has 1 aromatic heterocycles. The number of aromatic nitrogens is 1. The second-order valence-corrected chi connectivity index (χ2v) is 5.61. The Hall–Kier alpha value is -0.510. The molecule has 0 unspecified atom stereocenters. The number of nitrogens with zero attached hydrogens (tertiary/aromatic N) is 1. The number of rotatable bonds is 3. The molecule has 0 saturated carbocycles. The van der Waals surface area contributed by atoms with Crippen molar-refractivity contribution in [1.29, 1.82) is 0 Å². The van der Waals surface area contributed by atoms with Crippen LogP contribution in [-0.2, 0) is 5.75 Å². The lowest BCUT2D eigenvalue weighted by atomic mass is 10.4. The normalized spacial score (nSPS) is 10.4. The van der Waals surface area contributed by atoms with E-state index in [9.17, 15) is 0 Å². The molecule has 0 radical (unpaired) electrons. The summed E-state index contributed by atoms with van der Waals surface area (Å²) in [5.41, 5.74) is 0.998. The van der Waals surface area contributed by atoms with Gasteiger partial charge in [0, 0.05) is 26.3 Å². The van der Waals surface area contributed by atoms with Crippen molar-refractivity contribution < 1.29 is 0 Å². The molecule has 0 atom stereocenters. The second kappa shape index (κ2) is 5.71. The Labute approximate surface area is 112 Å². The summed E-state index contributed by atoms with van der Waals surface area (Å²) >= 11 is 11.1. The molecule has 0 aliphatic rings. The van der Waals surface area contributed by atoms with E-state index >= 15 is 0 Å². The van der Waals surface area contributed by atoms with E-state index in [-0.39, 0.29) is 0 Å². The Morgan fingerprint density at radius 2 is 2.12 bits per heavy atom. The van der Waals surface area contributed by atoms with Crippen molar-refractivity contribution in [3.8, 4) is 0 Å². The highest BCUT2D eigenvalue weighted by molar-refractivity contribution is 9.10. The van der Waals surface area contributed by atoms with Crippen LogP contribution in [-0.4, -0.2) is 4.98 Å². The molecule has 0 aliphatic carbocycles. The lowest BCUT2D eigenvalue weighted by Crippen LogP contribution is -1.85. The van der Waals surface area contributed by atoms with Crippen molar-refractivity contribution in [3.63, 3.8) is 0 Å². The smallest absolute Gasteiger partial charge is 0.0521 e. The Kier molecular flexibility index (Phi) is 4.27. The van der Waals surface area contributed by atoms with Crippen LogP contribution in [0, 0.1) is 0 Å². The highest BCUT2D eigenvalue weighted by Crippen LogP contribution is 2.25. The second-order valence-electron chi connectivity index (χ2n) is 3.21. The van der Waals surface area contributed by atoms with Gasteiger partial charge in [0.2, 0.25) is 0 Å². The molecule has 0 spiro atoms. The molecule has 1 heterocycles. The molecule has 82 valence electrons. The number of thioether (sulfide) groups is 1. The molecule has 0 N–H and O–H groups in total. The molecule has 1 nitrogen and oxygen atoms in total. The average molecular weight is 315 g/mol.